The van der Waals surface area contributed by atoms with Crippen LogP contribution in [-0.2, 0) is 11.3 Å². The summed E-state index contributed by atoms with van der Waals surface area (Å²) in [6.45, 7) is 1.49. The van der Waals surface area contributed by atoms with Crippen LogP contribution in [0.5, 0.6) is 5.75 Å². The average molecular weight is 369 g/mol. The van der Waals surface area contributed by atoms with Crippen molar-refractivity contribution in [1.29, 1.82) is 0 Å². The molecule has 2 aromatic rings. The molecule has 7 nitrogen and oxygen atoms in total. The van der Waals surface area contributed by atoms with Crippen molar-refractivity contribution in [2.75, 3.05) is 20.3 Å². The third kappa shape index (κ3) is 5.04. The average Bonchev–Trinajstić information content (AvgIpc) is 3.24. The topological polar surface area (TPSA) is 89.5 Å². The SMILES string of the molecule is COc1ccccc1CNC(=O)c1cccc(C(=O)NCC2CCCO2)n1. The van der Waals surface area contributed by atoms with Crippen molar-refractivity contribution in [2.24, 2.45) is 0 Å². The monoisotopic (exact) mass is 369 g/mol. The number of ether oxygens (including phenoxy) is 2. The van der Waals surface area contributed by atoms with Crippen LogP contribution in [0.4, 0.5) is 0 Å². The van der Waals surface area contributed by atoms with Crippen molar-refractivity contribution < 1.29 is 19.1 Å². The van der Waals surface area contributed by atoms with Gasteiger partial charge in [0.2, 0.25) is 0 Å². The van der Waals surface area contributed by atoms with E-state index in [0.29, 0.717) is 18.8 Å². The molecule has 3 rings (SSSR count). The van der Waals surface area contributed by atoms with E-state index in [1.807, 2.05) is 24.3 Å². The van der Waals surface area contributed by atoms with Crippen LogP contribution in [0.2, 0.25) is 0 Å². The zero-order chi connectivity index (χ0) is 19.1. The number of hydrogen-bond donors (Lipinski definition) is 2. The number of pyridine rings is 1. The minimum absolute atomic E-state index is 0.0567. The van der Waals surface area contributed by atoms with Crippen molar-refractivity contribution in [3.8, 4) is 5.75 Å². The molecule has 27 heavy (non-hydrogen) atoms. The number of carbonyl (C=O) groups excluding carboxylic acids is 2. The molecule has 142 valence electrons. The number of nitrogens with zero attached hydrogens (tertiary/aromatic N) is 1. The standard InChI is InChI=1S/C20H23N3O4/c1-26-18-10-3-2-6-14(18)12-21-19(24)16-8-4-9-17(23-16)20(25)22-13-15-7-5-11-27-15/h2-4,6,8-10,15H,5,7,11-13H2,1H3,(H,21,24)(H,22,25). The summed E-state index contributed by atoms with van der Waals surface area (Å²) in [7, 11) is 1.58. The Balaban J connectivity index is 1.58. The van der Waals surface area contributed by atoms with E-state index in [1.54, 1.807) is 25.3 Å². The Labute approximate surface area is 158 Å². The molecule has 2 heterocycles. The van der Waals surface area contributed by atoms with Gasteiger partial charge in [-0.15, -0.1) is 0 Å². The van der Waals surface area contributed by atoms with Gasteiger partial charge in [0.25, 0.3) is 11.8 Å². The molecule has 0 saturated carbocycles. The van der Waals surface area contributed by atoms with Gasteiger partial charge in [-0.3, -0.25) is 9.59 Å². The number of carbonyl (C=O) groups is 2. The van der Waals surface area contributed by atoms with Gasteiger partial charge >= 0.3 is 0 Å². The molecule has 1 aliphatic heterocycles. The van der Waals surface area contributed by atoms with Crippen LogP contribution < -0.4 is 15.4 Å². The lowest BCUT2D eigenvalue weighted by Gasteiger charge is -2.11. The molecule has 0 spiro atoms. The fraction of sp³-hybridized carbons (Fsp3) is 0.350. The van der Waals surface area contributed by atoms with Crippen LogP contribution >= 0.6 is 0 Å². The van der Waals surface area contributed by atoms with Gasteiger partial charge in [0.05, 0.1) is 13.2 Å². The van der Waals surface area contributed by atoms with Gasteiger partial charge in [0, 0.05) is 25.3 Å². The number of methoxy groups -OCH3 is 1. The zero-order valence-electron chi connectivity index (χ0n) is 15.2. The van der Waals surface area contributed by atoms with Crippen LogP contribution in [0, 0.1) is 0 Å². The van der Waals surface area contributed by atoms with E-state index < -0.39 is 0 Å². The third-order valence-corrected chi connectivity index (χ3v) is 4.36. The first-order valence-corrected chi connectivity index (χ1v) is 8.94. The Kier molecular flexibility index (Phi) is 6.38. The van der Waals surface area contributed by atoms with Crippen LogP contribution in [0.15, 0.2) is 42.5 Å². The van der Waals surface area contributed by atoms with E-state index in [2.05, 4.69) is 15.6 Å². The minimum atomic E-state index is -0.352. The summed E-state index contributed by atoms with van der Waals surface area (Å²) < 4.78 is 10.8. The van der Waals surface area contributed by atoms with Gasteiger partial charge in [-0.1, -0.05) is 24.3 Å². The van der Waals surface area contributed by atoms with Crippen LogP contribution in [0.1, 0.15) is 39.4 Å². The number of hydrogen-bond acceptors (Lipinski definition) is 5. The van der Waals surface area contributed by atoms with Gasteiger partial charge in [0.15, 0.2) is 0 Å². The highest BCUT2D eigenvalue weighted by atomic mass is 16.5. The number of para-hydroxylation sites is 1. The molecule has 2 amide bonds. The van der Waals surface area contributed by atoms with Crippen LogP contribution in [0.25, 0.3) is 0 Å². The molecule has 0 aliphatic carbocycles. The van der Waals surface area contributed by atoms with E-state index in [9.17, 15) is 9.59 Å². The largest absolute Gasteiger partial charge is 0.496 e. The molecule has 1 saturated heterocycles. The lowest BCUT2D eigenvalue weighted by Crippen LogP contribution is -2.33. The summed E-state index contributed by atoms with van der Waals surface area (Å²) in [5.74, 6) is 0.0348. The summed E-state index contributed by atoms with van der Waals surface area (Å²) in [4.78, 5) is 28.8. The molecule has 1 aromatic carbocycles. The summed E-state index contributed by atoms with van der Waals surface area (Å²) in [5, 5.41) is 5.61. The van der Waals surface area contributed by atoms with Crippen LogP contribution in [0.3, 0.4) is 0 Å². The van der Waals surface area contributed by atoms with Gasteiger partial charge in [-0.2, -0.15) is 0 Å². The molecule has 1 aromatic heterocycles. The second kappa shape index (κ2) is 9.14. The van der Waals surface area contributed by atoms with E-state index in [0.717, 1.165) is 25.0 Å². The maximum atomic E-state index is 12.4. The van der Waals surface area contributed by atoms with E-state index >= 15 is 0 Å². The van der Waals surface area contributed by atoms with Gasteiger partial charge in [0.1, 0.15) is 17.1 Å². The van der Waals surface area contributed by atoms with Crippen molar-refractivity contribution in [1.82, 2.24) is 15.6 Å². The fourth-order valence-electron chi connectivity index (χ4n) is 2.91. The van der Waals surface area contributed by atoms with Crippen LogP contribution in [-0.4, -0.2) is 43.2 Å². The van der Waals surface area contributed by atoms with Gasteiger partial charge in [-0.05, 0) is 31.0 Å². The third-order valence-electron chi connectivity index (χ3n) is 4.36. The molecule has 1 unspecified atom stereocenters. The second-order valence-corrected chi connectivity index (χ2v) is 6.25. The molecule has 1 aliphatic rings. The quantitative estimate of drug-likeness (QED) is 0.778. The molecular weight excluding hydrogens is 346 g/mol. The molecular formula is C20H23N3O4. The Morgan fingerprint density at radius 1 is 1.11 bits per heavy atom. The van der Waals surface area contributed by atoms with Gasteiger partial charge in [-0.25, -0.2) is 4.98 Å². The van der Waals surface area contributed by atoms with E-state index in [1.165, 1.54) is 0 Å². The lowest BCUT2D eigenvalue weighted by molar-refractivity contribution is 0.0853. The second-order valence-electron chi connectivity index (χ2n) is 6.25. The van der Waals surface area contributed by atoms with Crippen molar-refractivity contribution in [3.05, 3.63) is 59.4 Å². The predicted octanol–water partition coefficient (Wildman–Crippen LogP) is 1.93. The number of aromatic nitrogens is 1. The zero-order valence-corrected chi connectivity index (χ0v) is 15.2. The molecule has 1 fully saturated rings. The molecule has 1 atom stereocenters. The van der Waals surface area contributed by atoms with Crippen molar-refractivity contribution >= 4 is 11.8 Å². The van der Waals surface area contributed by atoms with Crippen molar-refractivity contribution in [3.63, 3.8) is 0 Å². The van der Waals surface area contributed by atoms with E-state index in [4.69, 9.17) is 9.47 Å². The Morgan fingerprint density at radius 3 is 2.56 bits per heavy atom. The smallest absolute Gasteiger partial charge is 0.270 e. The first-order chi connectivity index (χ1) is 13.2. The Bertz CT molecular complexity index is 803. The summed E-state index contributed by atoms with van der Waals surface area (Å²) >= 11 is 0. The highest BCUT2D eigenvalue weighted by Crippen LogP contribution is 2.16. The van der Waals surface area contributed by atoms with E-state index in [-0.39, 0.29) is 29.3 Å². The normalized spacial score (nSPS) is 16.0. The van der Waals surface area contributed by atoms with Gasteiger partial charge < -0.3 is 20.1 Å². The predicted molar refractivity (Wildman–Crippen MR) is 99.7 cm³/mol. The first-order valence-electron chi connectivity index (χ1n) is 8.94. The summed E-state index contributed by atoms with van der Waals surface area (Å²) in [5.41, 5.74) is 1.26. The lowest BCUT2D eigenvalue weighted by atomic mass is 10.2. The number of benzene rings is 1. The van der Waals surface area contributed by atoms with Crippen molar-refractivity contribution in [2.45, 2.75) is 25.5 Å². The molecule has 2 N–H and O–H groups in total. The number of nitrogens with one attached hydrogen (secondary N) is 2. The highest BCUT2D eigenvalue weighted by Gasteiger charge is 2.18. The number of rotatable bonds is 7. The molecule has 0 bridgehead atoms. The fourth-order valence-corrected chi connectivity index (χ4v) is 2.91. The maximum Gasteiger partial charge on any atom is 0.270 e. The Morgan fingerprint density at radius 2 is 1.85 bits per heavy atom. The molecule has 7 heteroatoms. The highest BCUT2D eigenvalue weighted by molar-refractivity contribution is 5.96. The maximum absolute atomic E-state index is 12.4. The Hall–Kier alpha value is -2.93. The number of amides is 2. The summed E-state index contributed by atoms with van der Waals surface area (Å²) in [6.07, 6.45) is 2.01. The minimum Gasteiger partial charge on any atom is -0.496 e. The first kappa shape index (κ1) is 18.8. The molecule has 0 radical (unpaired) electrons. The summed E-state index contributed by atoms with van der Waals surface area (Å²) in [6, 6.07) is 12.3.